The molecule has 2 rings (SSSR count). The van der Waals surface area contributed by atoms with Gasteiger partial charge in [0, 0.05) is 0 Å². The molecule has 17 heavy (non-hydrogen) atoms. The first-order valence-electron chi connectivity index (χ1n) is 5.53. The van der Waals surface area contributed by atoms with Crippen LogP contribution in [0.2, 0.25) is 0 Å². The van der Waals surface area contributed by atoms with Crippen molar-refractivity contribution in [2.45, 2.75) is 13.3 Å². The highest BCUT2D eigenvalue weighted by Gasteiger charge is 2.09. The van der Waals surface area contributed by atoms with Crippen LogP contribution in [0.25, 0.3) is 0 Å². The molecule has 0 radical (unpaired) electrons. The maximum atomic E-state index is 11.1. The van der Waals surface area contributed by atoms with Gasteiger partial charge in [-0.05, 0) is 30.5 Å². The number of carboxylic acid groups (broad SMARTS) is 1. The summed E-state index contributed by atoms with van der Waals surface area (Å²) in [5, 5.41) is 9.10. The van der Waals surface area contributed by atoms with Gasteiger partial charge in [-0.25, -0.2) is 4.79 Å². The highest BCUT2D eigenvalue weighted by molar-refractivity contribution is 5.89. The molecule has 0 saturated carbocycles. The van der Waals surface area contributed by atoms with Crippen LogP contribution < -0.4 is 0 Å². The van der Waals surface area contributed by atoms with E-state index < -0.39 is 5.97 Å². The first-order chi connectivity index (χ1) is 8.16. The molecule has 0 aromatic heterocycles. The molecule has 0 aliphatic carbocycles. The normalized spacial score (nSPS) is 10.2. The average molecular weight is 226 g/mol. The minimum absolute atomic E-state index is 0.383. The highest BCUT2D eigenvalue weighted by atomic mass is 16.4. The number of aromatic carboxylic acids is 1. The van der Waals surface area contributed by atoms with E-state index in [-0.39, 0.29) is 0 Å². The van der Waals surface area contributed by atoms with Crippen LogP contribution in [0.3, 0.4) is 0 Å². The molecule has 0 fully saturated rings. The average Bonchev–Trinajstić information content (AvgIpc) is 2.29. The Morgan fingerprint density at radius 1 is 1.12 bits per heavy atom. The van der Waals surface area contributed by atoms with E-state index in [0.29, 0.717) is 12.0 Å². The summed E-state index contributed by atoms with van der Waals surface area (Å²) in [5.74, 6) is -0.867. The summed E-state index contributed by atoms with van der Waals surface area (Å²) in [6.07, 6.45) is 0.657. The summed E-state index contributed by atoms with van der Waals surface area (Å²) in [7, 11) is 0. The minimum atomic E-state index is -0.867. The molecule has 0 atom stereocenters. The Balaban J connectivity index is 2.33. The summed E-state index contributed by atoms with van der Waals surface area (Å²) < 4.78 is 0. The van der Waals surface area contributed by atoms with Crippen LogP contribution in [0.5, 0.6) is 0 Å². The quantitative estimate of drug-likeness (QED) is 0.872. The number of rotatable bonds is 3. The molecule has 2 aromatic carbocycles. The van der Waals surface area contributed by atoms with Crippen molar-refractivity contribution >= 4 is 5.97 Å². The van der Waals surface area contributed by atoms with Gasteiger partial charge in [-0.3, -0.25) is 0 Å². The number of aryl methyl sites for hydroxylation is 1. The Labute approximate surface area is 101 Å². The van der Waals surface area contributed by atoms with Crippen molar-refractivity contribution in [2.24, 2.45) is 0 Å². The van der Waals surface area contributed by atoms with Crippen molar-refractivity contribution in [3.05, 3.63) is 70.8 Å². The molecule has 0 saturated heterocycles. The predicted octanol–water partition coefficient (Wildman–Crippen LogP) is 3.28. The Morgan fingerprint density at radius 2 is 1.88 bits per heavy atom. The van der Waals surface area contributed by atoms with Crippen LogP contribution >= 0.6 is 0 Å². The van der Waals surface area contributed by atoms with Crippen molar-refractivity contribution in [1.29, 1.82) is 0 Å². The van der Waals surface area contributed by atoms with Gasteiger partial charge in [-0.2, -0.15) is 0 Å². The van der Waals surface area contributed by atoms with Crippen molar-refractivity contribution in [3.63, 3.8) is 0 Å². The van der Waals surface area contributed by atoms with E-state index in [0.717, 1.165) is 11.1 Å². The van der Waals surface area contributed by atoms with Gasteiger partial charge >= 0.3 is 5.97 Å². The van der Waals surface area contributed by atoms with Gasteiger partial charge in [-0.1, -0.05) is 48.0 Å². The van der Waals surface area contributed by atoms with Gasteiger partial charge in [0.25, 0.3) is 0 Å². The SMILES string of the molecule is Cc1cccc(Cc2ccccc2C(=O)O)c1. The van der Waals surface area contributed by atoms with Crippen LogP contribution in [0.1, 0.15) is 27.0 Å². The summed E-state index contributed by atoms with van der Waals surface area (Å²) in [6, 6.07) is 15.3. The molecule has 0 aliphatic rings. The van der Waals surface area contributed by atoms with Crippen LogP contribution in [0, 0.1) is 6.92 Å². The fourth-order valence-electron chi connectivity index (χ4n) is 1.93. The van der Waals surface area contributed by atoms with E-state index in [1.807, 2.05) is 37.3 Å². The van der Waals surface area contributed by atoms with E-state index in [1.54, 1.807) is 12.1 Å². The van der Waals surface area contributed by atoms with Crippen molar-refractivity contribution in [3.8, 4) is 0 Å². The van der Waals surface area contributed by atoms with Gasteiger partial charge in [0.2, 0.25) is 0 Å². The van der Waals surface area contributed by atoms with E-state index in [1.165, 1.54) is 5.56 Å². The fraction of sp³-hybridized carbons (Fsp3) is 0.133. The zero-order valence-electron chi connectivity index (χ0n) is 9.68. The molecular weight excluding hydrogens is 212 g/mol. The molecule has 0 unspecified atom stereocenters. The summed E-state index contributed by atoms with van der Waals surface area (Å²) in [5.41, 5.74) is 3.56. The molecule has 2 nitrogen and oxygen atoms in total. The zero-order valence-corrected chi connectivity index (χ0v) is 9.68. The second kappa shape index (κ2) is 4.83. The minimum Gasteiger partial charge on any atom is -0.478 e. The molecule has 1 N–H and O–H groups in total. The number of benzene rings is 2. The maximum Gasteiger partial charge on any atom is 0.335 e. The third kappa shape index (κ3) is 2.72. The number of carbonyl (C=O) groups is 1. The summed E-state index contributed by atoms with van der Waals surface area (Å²) in [4.78, 5) is 11.1. The fourth-order valence-corrected chi connectivity index (χ4v) is 1.93. The van der Waals surface area contributed by atoms with E-state index in [9.17, 15) is 4.79 Å². The lowest BCUT2D eigenvalue weighted by atomic mass is 9.99. The van der Waals surface area contributed by atoms with E-state index >= 15 is 0 Å². The summed E-state index contributed by atoms with van der Waals surface area (Å²) in [6.45, 7) is 2.03. The highest BCUT2D eigenvalue weighted by Crippen LogP contribution is 2.15. The third-order valence-corrected chi connectivity index (χ3v) is 2.72. The smallest absolute Gasteiger partial charge is 0.335 e. The molecule has 0 bridgehead atoms. The predicted molar refractivity (Wildman–Crippen MR) is 67.4 cm³/mol. The first-order valence-corrected chi connectivity index (χ1v) is 5.53. The lowest BCUT2D eigenvalue weighted by Gasteiger charge is -2.06. The molecule has 2 aromatic rings. The molecular formula is C15H14O2. The molecule has 0 heterocycles. The molecule has 86 valence electrons. The Kier molecular flexibility index (Phi) is 3.24. The van der Waals surface area contributed by atoms with Crippen molar-refractivity contribution in [1.82, 2.24) is 0 Å². The lowest BCUT2D eigenvalue weighted by Crippen LogP contribution is -2.02. The van der Waals surface area contributed by atoms with Crippen LogP contribution in [-0.2, 0) is 6.42 Å². The second-order valence-electron chi connectivity index (χ2n) is 4.13. The Hall–Kier alpha value is -2.09. The topological polar surface area (TPSA) is 37.3 Å². The summed E-state index contributed by atoms with van der Waals surface area (Å²) >= 11 is 0. The maximum absolute atomic E-state index is 11.1. The van der Waals surface area contributed by atoms with Gasteiger partial charge in [0.05, 0.1) is 5.56 Å². The monoisotopic (exact) mass is 226 g/mol. The van der Waals surface area contributed by atoms with E-state index in [2.05, 4.69) is 6.07 Å². The standard InChI is InChI=1S/C15H14O2/c1-11-5-4-6-12(9-11)10-13-7-2-3-8-14(13)15(16)17/h2-9H,10H2,1H3,(H,16,17). The Bertz CT molecular complexity index is 544. The van der Waals surface area contributed by atoms with Crippen molar-refractivity contribution in [2.75, 3.05) is 0 Å². The molecule has 0 spiro atoms. The van der Waals surface area contributed by atoms with Crippen molar-refractivity contribution < 1.29 is 9.90 Å². The van der Waals surface area contributed by atoms with Crippen LogP contribution in [0.4, 0.5) is 0 Å². The molecule has 0 amide bonds. The Morgan fingerprint density at radius 3 is 2.59 bits per heavy atom. The second-order valence-corrected chi connectivity index (χ2v) is 4.13. The third-order valence-electron chi connectivity index (χ3n) is 2.72. The van der Waals surface area contributed by atoms with Gasteiger partial charge in [0.15, 0.2) is 0 Å². The van der Waals surface area contributed by atoms with E-state index in [4.69, 9.17) is 5.11 Å². The number of carboxylic acids is 1. The largest absolute Gasteiger partial charge is 0.478 e. The first kappa shape index (κ1) is 11.4. The van der Waals surface area contributed by atoms with Gasteiger partial charge in [0.1, 0.15) is 0 Å². The zero-order chi connectivity index (χ0) is 12.3. The van der Waals surface area contributed by atoms with Crippen LogP contribution in [-0.4, -0.2) is 11.1 Å². The number of hydrogen-bond donors (Lipinski definition) is 1. The van der Waals surface area contributed by atoms with Gasteiger partial charge in [-0.15, -0.1) is 0 Å². The number of hydrogen-bond acceptors (Lipinski definition) is 1. The molecule has 2 heteroatoms. The van der Waals surface area contributed by atoms with Crippen LogP contribution in [0.15, 0.2) is 48.5 Å². The lowest BCUT2D eigenvalue weighted by molar-refractivity contribution is 0.0696. The van der Waals surface area contributed by atoms with Gasteiger partial charge < -0.3 is 5.11 Å². The molecule has 0 aliphatic heterocycles.